The van der Waals surface area contributed by atoms with Crippen LogP contribution in [0.4, 0.5) is 0 Å². The summed E-state index contributed by atoms with van der Waals surface area (Å²) in [5.74, 6) is 0. The van der Waals surface area contributed by atoms with E-state index in [1.807, 2.05) is 30.3 Å². The van der Waals surface area contributed by atoms with Crippen molar-refractivity contribution in [3.63, 3.8) is 0 Å². The normalized spacial score (nSPS) is 9.80. The first kappa shape index (κ1) is 14.8. The summed E-state index contributed by atoms with van der Waals surface area (Å²) in [6, 6.07) is 18.7. The van der Waals surface area contributed by atoms with Gasteiger partial charge in [0.2, 0.25) is 0 Å². The molecule has 0 aliphatic rings. The molecule has 0 fully saturated rings. The van der Waals surface area contributed by atoms with Gasteiger partial charge < -0.3 is 0 Å². The maximum atomic E-state index is 2.36. The Morgan fingerprint density at radius 3 is 1.73 bits per heavy atom. The standard InChI is InChI=1S/C8H13Si.C5H5.Zr/c1-9(2,3)8-6-4-5-7-8;1-2-4-5-3-1;/h4-7H,1-3H3;1-5H;/q2*-1;+2. The van der Waals surface area contributed by atoms with E-state index in [0.29, 0.717) is 0 Å². The van der Waals surface area contributed by atoms with Crippen molar-refractivity contribution in [1.82, 2.24) is 0 Å². The van der Waals surface area contributed by atoms with Crippen LogP contribution in [-0.2, 0) is 26.2 Å². The Hall–Kier alpha value is -0.200. The van der Waals surface area contributed by atoms with Gasteiger partial charge in [-0.05, 0) is 0 Å². The molecular weight excluding hydrogens is 275 g/mol. The van der Waals surface area contributed by atoms with Crippen molar-refractivity contribution in [2.75, 3.05) is 0 Å². The van der Waals surface area contributed by atoms with Crippen LogP contribution >= 0.6 is 0 Å². The van der Waals surface area contributed by atoms with E-state index in [9.17, 15) is 0 Å². The Kier molecular flexibility index (Phi) is 7.04. The number of rotatable bonds is 1. The van der Waals surface area contributed by atoms with Crippen molar-refractivity contribution in [3.05, 3.63) is 54.6 Å². The van der Waals surface area contributed by atoms with Gasteiger partial charge in [0.15, 0.2) is 0 Å². The third-order valence-electron chi connectivity index (χ3n) is 2.08. The first-order valence-electron chi connectivity index (χ1n) is 4.99. The fourth-order valence-corrected chi connectivity index (χ4v) is 2.39. The second-order valence-corrected chi connectivity index (χ2v) is 9.46. The largest absolute Gasteiger partial charge is 2.00 e. The van der Waals surface area contributed by atoms with E-state index in [0.717, 1.165) is 0 Å². The van der Waals surface area contributed by atoms with E-state index < -0.39 is 8.07 Å². The molecule has 0 nitrogen and oxygen atoms in total. The van der Waals surface area contributed by atoms with Crippen LogP contribution in [-0.4, -0.2) is 8.07 Å². The molecule has 0 saturated carbocycles. The molecule has 15 heavy (non-hydrogen) atoms. The summed E-state index contributed by atoms with van der Waals surface area (Å²) in [7, 11) is -0.981. The Bertz CT molecular complexity index is 297. The fourth-order valence-electron chi connectivity index (χ4n) is 1.19. The van der Waals surface area contributed by atoms with Crippen molar-refractivity contribution < 1.29 is 26.2 Å². The van der Waals surface area contributed by atoms with Crippen LogP contribution in [0.2, 0.25) is 19.6 Å². The molecule has 0 amide bonds. The Balaban J connectivity index is 0.000000280. The number of hydrogen-bond donors (Lipinski definition) is 0. The predicted molar refractivity (Wildman–Crippen MR) is 67.1 cm³/mol. The van der Waals surface area contributed by atoms with E-state index >= 15 is 0 Å². The third kappa shape index (κ3) is 6.06. The van der Waals surface area contributed by atoms with Crippen LogP contribution in [0.3, 0.4) is 0 Å². The molecule has 2 heteroatoms. The molecule has 0 atom stereocenters. The van der Waals surface area contributed by atoms with Crippen LogP contribution in [0.15, 0.2) is 54.6 Å². The SMILES string of the molecule is C[Si](C)(C)c1ccc[cH-]1.[Zr+2].c1cc[cH-]c1. The Labute approximate surface area is 113 Å². The Morgan fingerprint density at radius 1 is 0.933 bits per heavy atom. The first-order valence-corrected chi connectivity index (χ1v) is 8.49. The minimum atomic E-state index is -0.981. The summed E-state index contributed by atoms with van der Waals surface area (Å²) in [6.45, 7) is 7.09. The molecule has 2 rings (SSSR count). The zero-order valence-corrected chi connectivity index (χ0v) is 13.2. The summed E-state index contributed by atoms with van der Waals surface area (Å²) in [5, 5.41) is 1.56. The summed E-state index contributed by atoms with van der Waals surface area (Å²) < 4.78 is 0. The van der Waals surface area contributed by atoms with Gasteiger partial charge in [-0.25, -0.2) is 24.3 Å². The van der Waals surface area contributed by atoms with Crippen LogP contribution in [0.5, 0.6) is 0 Å². The second kappa shape index (κ2) is 7.14. The van der Waals surface area contributed by atoms with E-state index in [4.69, 9.17) is 0 Å². The fraction of sp³-hybridized carbons (Fsp3) is 0.231. The molecular formula is C13H18SiZr. The molecule has 0 aliphatic carbocycles. The smallest absolute Gasteiger partial charge is 0.214 e. The van der Waals surface area contributed by atoms with Gasteiger partial charge in [0.25, 0.3) is 0 Å². The zero-order valence-electron chi connectivity index (χ0n) is 9.70. The maximum Gasteiger partial charge on any atom is 2.00 e. The van der Waals surface area contributed by atoms with Crippen LogP contribution in [0.1, 0.15) is 0 Å². The quantitative estimate of drug-likeness (QED) is 0.559. The van der Waals surface area contributed by atoms with Gasteiger partial charge in [-0.15, -0.1) is 0 Å². The average molecular weight is 294 g/mol. The minimum Gasteiger partial charge on any atom is -0.214 e. The topological polar surface area (TPSA) is 0 Å². The molecule has 2 aromatic rings. The molecule has 0 saturated heterocycles. The zero-order chi connectivity index (χ0) is 10.4. The molecule has 0 heterocycles. The molecule has 0 radical (unpaired) electrons. The molecule has 2 aromatic carbocycles. The summed E-state index contributed by atoms with van der Waals surface area (Å²) in [4.78, 5) is 0. The molecule has 0 bridgehead atoms. The second-order valence-electron chi connectivity index (χ2n) is 4.39. The van der Waals surface area contributed by atoms with E-state index in [1.165, 1.54) is 0 Å². The van der Waals surface area contributed by atoms with Crippen molar-refractivity contribution in [2.24, 2.45) is 0 Å². The van der Waals surface area contributed by atoms with Crippen LogP contribution in [0.25, 0.3) is 0 Å². The maximum absolute atomic E-state index is 2.36. The molecule has 78 valence electrons. The van der Waals surface area contributed by atoms with Gasteiger partial charge in [-0.2, -0.15) is 35.5 Å². The van der Waals surface area contributed by atoms with Crippen molar-refractivity contribution in [3.8, 4) is 0 Å². The van der Waals surface area contributed by atoms with Gasteiger partial charge in [-0.1, -0.05) is 19.6 Å². The molecule has 0 aromatic heterocycles. The molecule has 0 aliphatic heterocycles. The molecule has 0 unspecified atom stereocenters. The summed E-state index contributed by atoms with van der Waals surface area (Å²) >= 11 is 0. The van der Waals surface area contributed by atoms with Gasteiger partial charge in [0.1, 0.15) is 0 Å². The van der Waals surface area contributed by atoms with Gasteiger partial charge in [0.05, 0.1) is 8.07 Å². The summed E-state index contributed by atoms with van der Waals surface area (Å²) in [5.41, 5.74) is 0. The molecule has 0 spiro atoms. The van der Waals surface area contributed by atoms with Crippen LogP contribution in [0, 0.1) is 0 Å². The van der Waals surface area contributed by atoms with E-state index in [-0.39, 0.29) is 26.2 Å². The third-order valence-corrected chi connectivity index (χ3v) is 4.15. The van der Waals surface area contributed by atoms with Crippen molar-refractivity contribution in [2.45, 2.75) is 19.6 Å². The monoisotopic (exact) mass is 292 g/mol. The van der Waals surface area contributed by atoms with E-state index in [1.54, 1.807) is 5.19 Å². The van der Waals surface area contributed by atoms with Crippen LogP contribution < -0.4 is 5.19 Å². The predicted octanol–water partition coefficient (Wildman–Crippen LogP) is 3.35. The molecule has 0 N–H and O–H groups in total. The average Bonchev–Trinajstić information content (AvgIpc) is 2.80. The van der Waals surface area contributed by atoms with Crippen molar-refractivity contribution in [1.29, 1.82) is 0 Å². The van der Waals surface area contributed by atoms with Gasteiger partial charge in [-0.3, -0.25) is 0 Å². The Morgan fingerprint density at radius 2 is 1.53 bits per heavy atom. The van der Waals surface area contributed by atoms with Crippen molar-refractivity contribution >= 4 is 13.3 Å². The minimum absolute atomic E-state index is 0. The van der Waals surface area contributed by atoms with E-state index in [2.05, 4.69) is 43.9 Å². The van der Waals surface area contributed by atoms with Gasteiger partial charge >= 0.3 is 26.2 Å². The van der Waals surface area contributed by atoms with Gasteiger partial charge in [0, 0.05) is 0 Å². The summed E-state index contributed by atoms with van der Waals surface area (Å²) in [6.07, 6.45) is 0. The number of hydrogen-bond acceptors (Lipinski definition) is 0. The first-order chi connectivity index (χ1) is 6.61.